The maximum Gasteiger partial charge on any atom is 0.0756 e. The van der Waals surface area contributed by atoms with E-state index in [2.05, 4.69) is 228 Å². The van der Waals surface area contributed by atoms with Gasteiger partial charge in [0, 0.05) is 38.3 Å². The van der Waals surface area contributed by atoms with Crippen molar-refractivity contribution >= 4 is 87.2 Å². The lowest BCUT2D eigenvalue weighted by Crippen LogP contribution is -2.13. The molecule has 2 aromatic heterocycles. The summed E-state index contributed by atoms with van der Waals surface area (Å²) in [6.45, 7) is 2.30. The highest BCUT2D eigenvalue weighted by Gasteiger charge is 2.24. The third-order valence-corrected chi connectivity index (χ3v) is 14.3. The first-order valence-corrected chi connectivity index (χ1v) is 23.5. The summed E-state index contributed by atoms with van der Waals surface area (Å²) in [5.74, 6) is 0. The molecule has 13 rings (SSSR count). The maximum atomic E-state index is 5.69. The van der Waals surface area contributed by atoms with Gasteiger partial charge in [0.1, 0.15) is 0 Å². The highest BCUT2D eigenvalue weighted by Crippen LogP contribution is 2.43. The number of allylic oxidation sites excluding steroid dienone is 2. The molecule has 1 aliphatic heterocycles. The van der Waals surface area contributed by atoms with E-state index in [-0.39, 0.29) is 6.04 Å². The average Bonchev–Trinajstić information content (AvgIpc) is 3.88. The summed E-state index contributed by atoms with van der Waals surface area (Å²) in [7, 11) is 0. The van der Waals surface area contributed by atoms with E-state index < -0.39 is 0 Å². The van der Waals surface area contributed by atoms with Gasteiger partial charge in [-0.25, -0.2) is 0 Å². The molecule has 10 aromatic carbocycles. The van der Waals surface area contributed by atoms with Gasteiger partial charge in [0.05, 0.1) is 33.8 Å². The van der Waals surface area contributed by atoms with Crippen LogP contribution in [0.15, 0.2) is 223 Å². The Kier molecular flexibility index (Phi) is 9.09. The Hall–Kier alpha value is -8.01. The molecule has 3 heteroatoms. The summed E-state index contributed by atoms with van der Waals surface area (Å²) in [6.07, 6.45) is 3.98. The molecule has 0 radical (unpaired) electrons. The van der Waals surface area contributed by atoms with Crippen molar-refractivity contribution in [3.63, 3.8) is 0 Å². The number of hydrogen-bond acceptors (Lipinski definition) is 1. The molecule has 0 spiro atoms. The Morgan fingerprint density at radius 1 is 0.439 bits per heavy atom. The molecule has 0 N–H and O–H groups in total. The Bertz CT molecular complexity index is 3940. The molecule has 66 heavy (non-hydrogen) atoms. The third kappa shape index (κ3) is 6.22. The zero-order chi connectivity index (χ0) is 43.7. The van der Waals surface area contributed by atoms with Gasteiger partial charge in [-0.15, -0.1) is 0 Å². The van der Waals surface area contributed by atoms with Gasteiger partial charge in [0.2, 0.25) is 0 Å². The summed E-state index contributed by atoms with van der Waals surface area (Å²) in [5, 5.41) is 12.6. The van der Waals surface area contributed by atoms with Gasteiger partial charge < -0.3 is 9.13 Å². The number of rotatable bonds is 6. The van der Waals surface area contributed by atoms with Crippen LogP contribution in [0.2, 0.25) is 0 Å². The molecular formula is C63H47N3. The predicted octanol–water partition coefficient (Wildman–Crippen LogP) is 16.9. The van der Waals surface area contributed by atoms with Crippen molar-refractivity contribution in [1.82, 2.24) is 9.13 Å². The number of benzene rings is 10. The number of para-hydroxylation sites is 2. The van der Waals surface area contributed by atoms with Crippen molar-refractivity contribution in [2.24, 2.45) is 4.99 Å². The van der Waals surface area contributed by atoms with Crippen LogP contribution in [0.1, 0.15) is 55.3 Å². The lowest BCUT2D eigenvalue weighted by molar-refractivity contribution is 0.619. The molecule has 1 atom stereocenters. The van der Waals surface area contributed by atoms with Crippen molar-refractivity contribution in [3.05, 3.63) is 235 Å². The molecule has 0 fully saturated rings. The van der Waals surface area contributed by atoms with Crippen molar-refractivity contribution in [2.45, 2.75) is 38.6 Å². The lowest BCUT2D eigenvalue weighted by atomic mass is 9.85. The highest BCUT2D eigenvalue weighted by atomic mass is 15.0. The highest BCUT2D eigenvalue weighted by molar-refractivity contribution is 6.23. The smallest absolute Gasteiger partial charge is 0.0756 e. The monoisotopic (exact) mass is 845 g/mol. The molecule has 1 unspecified atom stereocenters. The van der Waals surface area contributed by atoms with Gasteiger partial charge >= 0.3 is 0 Å². The number of hydrogen-bond donors (Lipinski definition) is 0. The van der Waals surface area contributed by atoms with Crippen LogP contribution in [0.3, 0.4) is 0 Å². The van der Waals surface area contributed by atoms with Gasteiger partial charge in [-0.05, 0) is 135 Å². The molecule has 0 saturated carbocycles. The van der Waals surface area contributed by atoms with Crippen molar-refractivity contribution in [3.8, 4) is 11.4 Å². The van der Waals surface area contributed by atoms with E-state index in [0.29, 0.717) is 0 Å². The molecular weight excluding hydrogens is 799 g/mol. The van der Waals surface area contributed by atoms with Crippen molar-refractivity contribution in [1.29, 1.82) is 0 Å². The Labute approximate surface area is 384 Å². The molecule has 314 valence electrons. The molecule has 12 aromatic rings. The van der Waals surface area contributed by atoms with E-state index in [0.717, 1.165) is 42.8 Å². The zero-order valence-corrected chi connectivity index (χ0v) is 37.0. The molecule has 0 amide bonds. The second-order valence-electron chi connectivity index (χ2n) is 18.0. The normalized spacial score (nSPS) is 14.8. The van der Waals surface area contributed by atoms with Gasteiger partial charge in [-0.3, -0.25) is 4.99 Å². The Morgan fingerprint density at radius 3 is 1.94 bits per heavy atom. The molecule has 0 bridgehead atoms. The first-order chi connectivity index (χ1) is 32.7. The topological polar surface area (TPSA) is 22.2 Å². The fourth-order valence-corrected chi connectivity index (χ4v) is 11.2. The minimum absolute atomic E-state index is 0.0960. The minimum atomic E-state index is 0.0960. The summed E-state index contributed by atoms with van der Waals surface area (Å²) in [6, 6.07) is 78.7. The minimum Gasteiger partial charge on any atom is -0.309 e. The average molecular weight is 846 g/mol. The van der Waals surface area contributed by atoms with Crippen LogP contribution in [0.25, 0.3) is 92.9 Å². The lowest BCUT2D eigenvalue weighted by Gasteiger charge is -2.24. The van der Waals surface area contributed by atoms with E-state index in [9.17, 15) is 0 Å². The van der Waals surface area contributed by atoms with Crippen LogP contribution in [0.4, 0.5) is 0 Å². The SMILES string of the molecule is CCC1=C(c2ccc3cc(-n4c5cc6c(cc5c5ccc7ccccc7c54)c4ccccc4n6-c4ccccc4)ccc3c2)CCCC(c2ccc3ccccc3c2)N=C1c1ccccc1. The van der Waals surface area contributed by atoms with E-state index in [1.165, 1.54) is 104 Å². The molecule has 0 saturated heterocycles. The number of nitrogens with zero attached hydrogens (tertiary/aromatic N) is 3. The third-order valence-electron chi connectivity index (χ3n) is 14.3. The van der Waals surface area contributed by atoms with Gasteiger partial charge in [-0.1, -0.05) is 165 Å². The Balaban J connectivity index is 0.981. The van der Waals surface area contributed by atoms with Crippen LogP contribution in [0, 0.1) is 0 Å². The first kappa shape index (κ1) is 38.4. The fraction of sp³-hybridized carbons (Fsp3) is 0.0952. The van der Waals surface area contributed by atoms with Crippen LogP contribution in [-0.4, -0.2) is 14.8 Å². The zero-order valence-electron chi connectivity index (χ0n) is 37.0. The van der Waals surface area contributed by atoms with Gasteiger partial charge in [0.15, 0.2) is 0 Å². The van der Waals surface area contributed by atoms with Crippen molar-refractivity contribution in [2.75, 3.05) is 0 Å². The largest absolute Gasteiger partial charge is 0.309 e. The summed E-state index contributed by atoms with van der Waals surface area (Å²) in [5.41, 5.74) is 14.8. The summed E-state index contributed by atoms with van der Waals surface area (Å²) < 4.78 is 4.95. The van der Waals surface area contributed by atoms with Crippen LogP contribution < -0.4 is 0 Å². The molecule has 0 aliphatic carbocycles. The van der Waals surface area contributed by atoms with E-state index in [4.69, 9.17) is 4.99 Å². The quantitative estimate of drug-likeness (QED) is 0.159. The van der Waals surface area contributed by atoms with Crippen LogP contribution in [-0.2, 0) is 0 Å². The van der Waals surface area contributed by atoms with Gasteiger partial charge in [0.25, 0.3) is 0 Å². The second-order valence-corrected chi connectivity index (χ2v) is 18.0. The maximum absolute atomic E-state index is 5.69. The van der Waals surface area contributed by atoms with Crippen LogP contribution in [0.5, 0.6) is 0 Å². The molecule has 3 nitrogen and oxygen atoms in total. The number of fused-ring (bicyclic) bond motifs is 10. The summed E-state index contributed by atoms with van der Waals surface area (Å²) >= 11 is 0. The number of aliphatic imine (C=N–C) groups is 1. The number of aromatic nitrogens is 2. The van der Waals surface area contributed by atoms with Gasteiger partial charge in [-0.2, -0.15) is 0 Å². The summed E-state index contributed by atoms with van der Waals surface area (Å²) in [4.78, 5) is 5.69. The standard InChI is InChI=1S/C63H47N3/c1-2-51-52(25-15-26-58(64-62(51)43-18-5-3-6-19-43)48-31-28-41-16-9-10-20-44(41)37-48)47-30-29-46-38-50(34-32-45(46)36-47)66-61-40-60-56(39-57(61)55-35-33-42-17-11-12-23-53(42)63(55)66)54-24-13-14-27-59(54)65(60)49-21-7-4-8-22-49/h3-14,16-24,27-40,58H,2,15,25-26H2,1H3. The second kappa shape index (κ2) is 15.6. The Morgan fingerprint density at radius 2 is 1.09 bits per heavy atom. The molecule has 3 heterocycles. The fourth-order valence-electron chi connectivity index (χ4n) is 11.2. The van der Waals surface area contributed by atoms with Crippen molar-refractivity contribution < 1.29 is 0 Å². The predicted molar refractivity (Wildman–Crippen MR) is 281 cm³/mol. The van der Waals surface area contributed by atoms with E-state index in [1.807, 2.05) is 0 Å². The first-order valence-electron chi connectivity index (χ1n) is 23.5. The molecule has 1 aliphatic rings. The van der Waals surface area contributed by atoms with E-state index >= 15 is 0 Å². The van der Waals surface area contributed by atoms with Crippen LogP contribution >= 0.6 is 0 Å². The van der Waals surface area contributed by atoms with E-state index in [1.54, 1.807) is 0 Å².